The molecule has 134 valence electrons. The lowest BCUT2D eigenvalue weighted by molar-refractivity contribution is -0.140. The van der Waals surface area contributed by atoms with Crippen molar-refractivity contribution in [1.82, 2.24) is 20.2 Å². The van der Waals surface area contributed by atoms with Crippen LogP contribution in [-0.2, 0) is 29.0 Å². The van der Waals surface area contributed by atoms with Gasteiger partial charge in [-0.1, -0.05) is 12.8 Å². The van der Waals surface area contributed by atoms with Crippen LogP contribution in [0.15, 0.2) is 6.20 Å². The first-order valence-electron chi connectivity index (χ1n) is 9.61. The Labute approximate surface area is 148 Å². The zero-order chi connectivity index (χ0) is 17.2. The summed E-state index contributed by atoms with van der Waals surface area (Å²) >= 11 is 0. The molecule has 4 rings (SSSR count). The maximum absolute atomic E-state index is 12.6. The zero-order valence-electron chi connectivity index (χ0n) is 14.7. The van der Waals surface area contributed by atoms with Crippen LogP contribution in [0.4, 0.5) is 0 Å². The molecule has 0 spiro atoms. The topological polar surface area (TPSA) is 75.2 Å². The molecule has 6 heteroatoms. The van der Waals surface area contributed by atoms with Gasteiger partial charge >= 0.3 is 0 Å². The van der Waals surface area contributed by atoms with E-state index in [1.165, 1.54) is 18.4 Å². The molecule has 0 unspecified atom stereocenters. The quantitative estimate of drug-likeness (QED) is 0.905. The SMILES string of the molecule is O=C(NCc1ncc2c(n1)CCC2)[C@@H]1CCC(=O)N(C2CCCC2)C1. The van der Waals surface area contributed by atoms with E-state index >= 15 is 0 Å². The van der Waals surface area contributed by atoms with Crippen molar-refractivity contribution >= 4 is 11.8 Å². The molecule has 1 aromatic heterocycles. The lowest BCUT2D eigenvalue weighted by Gasteiger charge is -2.36. The smallest absolute Gasteiger partial charge is 0.225 e. The third-order valence-corrected chi connectivity index (χ3v) is 5.86. The first-order valence-corrected chi connectivity index (χ1v) is 9.61. The van der Waals surface area contributed by atoms with Crippen LogP contribution in [0.5, 0.6) is 0 Å². The van der Waals surface area contributed by atoms with Crippen LogP contribution >= 0.6 is 0 Å². The number of carbonyl (C=O) groups excluding carboxylic acids is 2. The number of aromatic nitrogens is 2. The van der Waals surface area contributed by atoms with Crippen LogP contribution in [0.25, 0.3) is 0 Å². The summed E-state index contributed by atoms with van der Waals surface area (Å²) in [6, 6.07) is 0.350. The highest BCUT2D eigenvalue weighted by Gasteiger charge is 2.35. The van der Waals surface area contributed by atoms with Crippen LogP contribution in [0, 0.1) is 5.92 Å². The Balaban J connectivity index is 1.33. The second-order valence-corrected chi connectivity index (χ2v) is 7.55. The summed E-state index contributed by atoms with van der Waals surface area (Å²) in [7, 11) is 0. The molecule has 3 aliphatic rings. The monoisotopic (exact) mass is 342 g/mol. The molecule has 1 saturated carbocycles. The van der Waals surface area contributed by atoms with Crippen LogP contribution in [-0.4, -0.2) is 39.3 Å². The average molecular weight is 342 g/mol. The van der Waals surface area contributed by atoms with Crippen LogP contribution < -0.4 is 5.32 Å². The van der Waals surface area contributed by atoms with E-state index in [0.29, 0.717) is 37.8 Å². The number of nitrogens with zero attached hydrogens (tertiary/aromatic N) is 3. The highest BCUT2D eigenvalue weighted by atomic mass is 16.2. The Hall–Kier alpha value is -1.98. The number of hydrogen-bond donors (Lipinski definition) is 1. The highest BCUT2D eigenvalue weighted by molar-refractivity contribution is 5.84. The molecule has 25 heavy (non-hydrogen) atoms. The maximum Gasteiger partial charge on any atom is 0.225 e. The van der Waals surface area contributed by atoms with Crippen LogP contribution in [0.3, 0.4) is 0 Å². The standard InChI is InChI=1S/C19H26N4O2/c24-18-9-8-14(12-23(18)15-5-1-2-6-15)19(25)21-11-17-20-10-13-4-3-7-16(13)22-17/h10,14-15H,1-9,11-12H2,(H,21,25)/t14-/m1/s1. The summed E-state index contributed by atoms with van der Waals surface area (Å²) in [5.41, 5.74) is 2.38. The first kappa shape index (κ1) is 16.5. The number of piperidine rings is 1. The van der Waals surface area contributed by atoms with Crippen molar-refractivity contribution in [2.24, 2.45) is 5.92 Å². The van der Waals surface area contributed by atoms with Gasteiger partial charge in [0.15, 0.2) is 0 Å². The van der Waals surface area contributed by atoms with E-state index in [1.807, 2.05) is 11.1 Å². The molecule has 1 atom stereocenters. The molecule has 0 aromatic carbocycles. The van der Waals surface area contributed by atoms with Crippen molar-refractivity contribution in [3.63, 3.8) is 0 Å². The van der Waals surface area contributed by atoms with Crippen LogP contribution in [0.2, 0.25) is 0 Å². The lowest BCUT2D eigenvalue weighted by atomic mass is 9.95. The highest BCUT2D eigenvalue weighted by Crippen LogP contribution is 2.28. The fourth-order valence-corrected chi connectivity index (χ4v) is 4.41. The van der Waals surface area contributed by atoms with Gasteiger partial charge in [0.1, 0.15) is 5.82 Å². The van der Waals surface area contributed by atoms with Crippen molar-refractivity contribution in [1.29, 1.82) is 0 Å². The molecule has 1 saturated heterocycles. The summed E-state index contributed by atoms with van der Waals surface area (Å²) < 4.78 is 0. The fourth-order valence-electron chi connectivity index (χ4n) is 4.41. The molecule has 1 N–H and O–H groups in total. The average Bonchev–Trinajstić information content (AvgIpc) is 3.31. The number of hydrogen-bond acceptors (Lipinski definition) is 4. The summed E-state index contributed by atoms with van der Waals surface area (Å²) in [6.07, 6.45) is 10.8. The lowest BCUT2D eigenvalue weighted by Crippen LogP contribution is -2.49. The largest absolute Gasteiger partial charge is 0.349 e. The predicted molar refractivity (Wildman–Crippen MR) is 92.6 cm³/mol. The number of fused-ring (bicyclic) bond motifs is 1. The molecular formula is C19H26N4O2. The van der Waals surface area contributed by atoms with Crippen molar-refractivity contribution in [2.75, 3.05) is 6.54 Å². The Bertz CT molecular complexity index is 669. The summed E-state index contributed by atoms with van der Waals surface area (Å²) in [5.74, 6) is 0.832. The Kier molecular flexibility index (Phi) is 4.68. The summed E-state index contributed by atoms with van der Waals surface area (Å²) in [6.45, 7) is 0.945. The van der Waals surface area contributed by atoms with Gasteiger partial charge < -0.3 is 10.2 Å². The molecule has 0 bridgehead atoms. The second kappa shape index (κ2) is 7.10. The van der Waals surface area contributed by atoms with E-state index in [-0.39, 0.29) is 17.7 Å². The Morgan fingerprint density at radius 2 is 2.00 bits per heavy atom. The van der Waals surface area contributed by atoms with Gasteiger partial charge in [0, 0.05) is 30.9 Å². The molecule has 1 aliphatic heterocycles. The van der Waals surface area contributed by atoms with E-state index in [1.54, 1.807) is 0 Å². The van der Waals surface area contributed by atoms with E-state index < -0.39 is 0 Å². The molecule has 2 amide bonds. The minimum Gasteiger partial charge on any atom is -0.349 e. The fraction of sp³-hybridized carbons (Fsp3) is 0.684. The van der Waals surface area contributed by atoms with Gasteiger partial charge in [0.05, 0.1) is 12.5 Å². The van der Waals surface area contributed by atoms with E-state index in [0.717, 1.165) is 37.8 Å². The van der Waals surface area contributed by atoms with Gasteiger partial charge in [-0.25, -0.2) is 9.97 Å². The van der Waals surface area contributed by atoms with Gasteiger partial charge in [0.25, 0.3) is 0 Å². The molecular weight excluding hydrogens is 316 g/mol. The molecule has 2 heterocycles. The number of rotatable bonds is 4. The molecule has 0 radical (unpaired) electrons. The van der Waals surface area contributed by atoms with Gasteiger partial charge in [0.2, 0.25) is 11.8 Å². The molecule has 2 fully saturated rings. The Morgan fingerprint density at radius 1 is 1.16 bits per heavy atom. The number of carbonyl (C=O) groups is 2. The number of aryl methyl sites for hydroxylation is 2. The first-order chi connectivity index (χ1) is 12.2. The van der Waals surface area contributed by atoms with Gasteiger partial charge in [-0.2, -0.15) is 0 Å². The van der Waals surface area contributed by atoms with Gasteiger partial charge in [-0.15, -0.1) is 0 Å². The third-order valence-electron chi connectivity index (χ3n) is 5.86. The van der Waals surface area contributed by atoms with Crippen LogP contribution in [0.1, 0.15) is 62.0 Å². The zero-order valence-corrected chi connectivity index (χ0v) is 14.7. The normalized spacial score (nSPS) is 23.8. The van der Waals surface area contributed by atoms with E-state index in [4.69, 9.17) is 0 Å². The number of likely N-dealkylation sites (tertiary alicyclic amines) is 1. The molecule has 1 aromatic rings. The summed E-state index contributed by atoms with van der Waals surface area (Å²) in [4.78, 5) is 35.7. The van der Waals surface area contributed by atoms with Crippen molar-refractivity contribution in [3.05, 3.63) is 23.3 Å². The number of nitrogens with one attached hydrogen (secondary N) is 1. The number of amides is 2. The second-order valence-electron chi connectivity index (χ2n) is 7.55. The van der Waals surface area contributed by atoms with Gasteiger partial charge in [-0.05, 0) is 44.1 Å². The van der Waals surface area contributed by atoms with Gasteiger partial charge in [-0.3, -0.25) is 9.59 Å². The minimum atomic E-state index is -0.104. The predicted octanol–water partition coefficient (Wildman–Crippen LogP) is 1.76. The Morgan fingerprint density at radius 3 is 2.84 bits per heavy atom. The minimum absolute atomic E-state index is 0.0274. The third kappa shape index (κ3) is 3.53. The van der Waals surface area contributed by atoms with Crippen molar-refractivity contribution in [3.8, 4) is 0 Å². The van der Waals surface area contributed by atoms with E-state index in [2.05, 4.69) is 15.3 Å². The van der Waals surface area contributed by atoms with Crippen molar-refractivity contribution < 1.29 is 9.59 Å². The van der Waals surface area contributed by atoms with Crippen molar-refractivity contribution in [2.45, 2.75) is 70.4 Å². The van der Waals surface area contributed by atoms with E-state index in [9.17, 15) is 9.59 Å². The maximum atomic E-state index is 12.6. The molecule has 6 nitrogen and oxygen atoms in total. The summed E-state index contributed by atoms with van der Waals surface area (Å²) in [5, 5.41) is 2.98. The molecule has 2 aliphatic carbocycles.